The van der Waals surface area contributed by atoms with Gasteiger partial charge in [-0.1, -0.05) is 483 Å². The zero-order valence-corrected chi connectivity index (χ0v) is 10.1. The molecule has 0 nitrogen and oxygen atoms in total. The van der Waals surface area contributed by atoms with Gasteiger partial charge in [0.15, 0.2) is 0 Å². The molecule has 0 aliphatic rings. The van der Waals surface area contributed by atoms with Crippen LogP contribution in [0.2, 0.25) is 0 Å². The average Bonchev–Trinajstić information content (AvgIpc) is 2.24. The smallest absolute Gasteiger partial charge is 0 e. The topological polar surface area (TPSA) is 0 Å². The molecule has 0 saturated carbocycles. The van der Waals surface area contributed by atoms with Crippen LogP contribution in [0.3, 0.4) is 0 Å². The van der Waals surface area contributed by atoms with Gasteiger partial charge in [0.25, 0.3) is 0 Å². The van der Waals surface area contributed by atoms with Gasteiger partial charge in [0.05, 0.1) is 0 Å². The van der Waals surface area contributed by atoms with Crippen LogP contribution in [0.15, 0.2) is 0 Å². The Bertz CT molecular complexity index is 143. The molecule has 0 atom stereocenters. The summed E-state index contributed by atoms with van der Waals surface area (Å²) in [5.74, 6) is 0. The average molecular weight is 1610 g/mol. The summed E-state index contributed by atoms with van der Waals surface area (Å²) in [6.07, 6.45) is 0. The van der Waals surface area contributed by atoms with E-state index in [9.17, 15) is 0 Å². The molecule has 0 aromatic heterocycles. The van der Waals surface area contributed by atoms with Crippen molar-refractivity contribution in [3.05, 3.63) is 0 Å². The standard InChI is InChI=1S/65CH4.H4I.H3I.H2I.HI.11H2/h66*1H4;1H3;1H2;12*1H/q;;;;;;;;;;;;;;;;;;;;;;;;;;;;;;;;;;;;;;;;;;;;;;;;;;;;;;;;;;;;;;;;;-1;;-1;;;;;;;;;;;;/i;;;;;;;;;;;;;;;;;;;;;;;;;;;;;;;;;;;;;;;;;;;;;;;;;;;;;;;;;;;;;;;;;1T4;1T3;1T2;;2*1+2T;2*1+2;;;;;;;/hT. The summed E-state index contributed by atoms with van der Waals surface area (Å²) in [6.45, 7) is 0. The fourth-order valence-electron chi connectivity index (χ4n) is 0. The maximum Gasteiger partial charge on any atom is 0 e. The molecule has 0 aromatic carbocycles. The van der Waals surface area contributed by atoms with Crippen molar-refractivity contribution in [2.75, 3.05) is 0 Å². The van der Waals surface area contributed by atoms with E-state index in [2.05, 4.69) is 0 Å². The van der Waals surface area contributed by atoms with Crippen LogP contribution in [0.1, 0.15) is 502 Å². The Labute approximate surface area is 597 Å². The monoisotopic (exact) mass is 1610 g/mol. The molecule has 0 unspecified atom stereocenters. The third-order valence-corrected chi connectivity index (χ3v) is 0. The molecule has 0 fully saturated rings. The van der Waals surface area contributed by atoms with Crippen LogP contribution in [0.25, 0.3) is 0 Å². The van der Waals surface area contributed by atoms with E-state index in [0.717, 1.165) is 0 Å². The van der Waals surface area contributed by atoms with Crippen LogP contribution < -0.4 is 46.8 Å². The second-order valence-corrected chi connectivity index (χ2v) is 0. The Kier molecular flexibility index (Phi) is 958000. The first-order valence-electron chi connectivity index (χ1n) is 5.78. The summed E-state index contributed by atoms with van der Waals surface area (Å²) in [4.78, 5) is 0. The second-order valence-electron chi connectivity index (χ2n) is 0. The predicted molar refractivity (Wildman–Crippen MR) is 503 cm³/mol. The zero-order valence-electron chi connectivity index (χ0n) is 15.5. The van der Waals surface area contributed by atoms with E-state index in [-0.39, 0.29) is 496 Å². The maximum absolute atomic E-state index is 6.12. The van der Waals surface area contributed by atoms with Gasteiger partial charge in [-0.2, -0.15) is 0 Å². The molecule has 0 spiro atoms. The van der Waals surface area contributed by atoms with Crippen molar-refractivity contribution >= 4 is 47.2 Å². The van der Waals surface area contributed by atoms with Crippen LogP contribution in [-0.4, -0.2) is 5.94 Å². The van der Waals surface area contributed by atoms with Gasteiger partial charge in [0.1, 0.15) is 0.594 Å². The Morgan fingerprint density at radius 1 is 0.232 bits per heavy atom. The van der Waals surface area contributed by atoms with Crippen LogP contribution in [-0.2, 0) is 0 Å². The Morgan fingerprint density at radius 3 is 0.232 bits per heavy atom. The van der Waals surface area contributed by atoms with Crippen LogP contribution in [0.5, 0.6) is 0 Å². The van der Waals surface area contributed by atoms with Crippen LogP contribution in [0, 0.1) is 0 Å². The molecule has 0 N–H and O–H groups in total. The van der Waals surface area contributed by atoms with Crippen LogP contribution >= 0.6 is 47.2 Å². The number of rotatable bonds is 0. The van der Waals surface area contributed by atoms with Gasteiger partial charge in [-0.05, 0) is 0 Å². The Balaban J connectivity index is -0.000000000209. The number of hydrogen-bond acceptors (Lipinski definition) is 0. The minimum Gasteiger partial charge on any atom is 0 e. The van der Waals surface area contributed by atoms with Gasteiger partial charge in [-0.15, -0.1) is 23.8 Å². The largest absolute Gasteiger partial charge is 0 e. The number of hydrogen-bond donors (Lipinski definition) is 0. The molecule has 69 heavy (non-hydrogen) atoms. The van der Waals surface area contributed by atoms with Crippen molar-refractivity contribution in [3.63, 3.8) is 0 Å². The molecular formula is C65H292I4-2. The van der Waals surface area contributed by atoms with Crippen molar-refractivity contribution in [1.82, 2.24) is 0 Å². The molecule has 0 aromatic rings. The van der Waals surface area contributed by atoms with E-state index in [1.807, 2.05) is 0 Å². The Morgan fingerprint density at radius 2 is 0.232 bits per heavy atom. The van der Waals surface area contributed by atoms with Gasteiger partial charge < -0.3 is 0 Å². The predicted octanol–water partition coefficient (Wildman–Crippen LogP) is 37.2. The summed E-state index contributed by atoms with van der Waals surface area (Å²) < 4.78 is 80.4. The minimum absolute atomic E-state index is 0. The first-order valence-corrected chi connectivity index (χ1v) is 0. The van der Waals surface area contributed by atoms with E-state index in [1.54, 1.807) is 0 Å². The van der Waals surface area contributed by atoms with E-state index in [0.29, 0.717) is 0 Å². The van der Waals surface area contributed by atoms with E-state index in [4.69, 9.17) is 11.9 Å². The van der Waals surface area contributed by atoms with Gasteiger partial charge >= 0.3 is 75.5 Å². The van der Waals surface area contributed by atoms with E-state index >= 15 is 0 Å². The van der Waals surface area contributed by atoms with Crippen molar-refractivity contribution in [2.45, 2.75) is 483 Å². The van der Waals surface area contributed by atoms with Gasteiger partial charge in [-0.25, -0.2) is 0 Å². The summed E-state index contributed by atoms with van der Waals surface area (Å²) in [5, 5.41) is 0. The van der Waals surface area contributed by atoms with Gasteiger partial charge in [-0.3, -0.25) is 0 Å². The maximum atomic E-state index is 6.12. The second kappa shape index (κ2) is 40700. The molecule has 582 valence electrons. The molecule has 0 saturated heterocycles. The fraction of sp³-hybridized carbons (Fsp3) is 1.00. The molecular weight excluding hydrogens is 1290 g/mol. The van der Waals surface area contributed by atoms with Crippen molar-refractivity contribution < 1.29 is 65.5 Å². The SMILES string of the molecule is C.C.C.C.C.C.C.C.C.C.C.C.C.C.C.C.C.C.C.C.C.C.C.C.C.C.C.C.C.C.C.C.C.C.C.C.C.C.C.C.C.C.C.C.C.C.C.C.C.C.C.C.C.C.C.C.C.C.C.C.C.C.C.C.C.[3HH].[3HH].[3H]I.[3H]I([3H])[3H].[3H][3H].[3H][3H].[3H][I-]([3H])([3H])[3H].[3H][I-][3H].[HH].[HH].[HH].[HH].[HH].[HH].[HH]. The van der Waals surface area contributed by atoms with Gasteiger partial charge in [0.2, 0.25) is 0 Å². The van der Waals surface area contributed by atoms with Crippen LogP contribution in [0.4, 0.5) is 0 Å². The molecule has 4 heteroatoms. The summed E-state index contributed by atoms with van der Waals surface area (Å²) in [5.41, 5.74) is 0. The molecule has 0 heterocycles. The first kappa shape index (κ1) is 1620. The zero-order chi connectivity index (χ0) is 16.8. The number of halogens is 4. The van der Waals surface area contributed by atoms with E-state index in [1.165, 1.54) is 23.8 Å². The fourth-order valence-corrected chi connectivity index (χ4v) is 0. The molecule has 0 bridgehead atoms. The molecule has 0 aliphatic heterocycles. The normalized spacial score (nSPS) is 2.54. The summed E-state index contributed by atoms with van der Waals surface area (Å²) >= 11 is -5.96. The van der Waals surface area contributed by atoms with Crippen molar-refractivity contribution in [3.8, 4) is 0 Å². The molecule has 0 radical (unpaired) electrons. The third kappa shape index (κ3) is 39500. The summed E-state index contributed by atoms with van der Waals surface area (Å²) in [6, 6.07) is 0. The minimum atomic E-state index is -3.94. The molecule has 0 amide bonds. The van der Waals surface area contributed by atoms with Gasteiger partial charge in [0, 0.05) is 18.8 Å². The van der Waals surface area contributed by atoms with E-state index < -0.39 is 70.1 Å². The summed E-state index contributed by atoms with van der Waals surface area (Å²) in [7, 11) is 0. The molecule has 0 aliphatic carbocycles. The van der Waals surface area contributed by atoms with Crippen molar-refractivity contribution in [2.24, 2.45) is 0 Å². The van der Waals surface area contributed by atoms with Crippen molar-refractivity contribution in [1.29, 1.82) is 5.94 Å². The first-order chi connectivity index (χ1) is 8.15. The quantitative estimate of drug-likeness (QED) is 0.212. The molecule has 0 rings (SSSR count). The Hall–Kier alpha value is 2.92. The third-order valence-electron chi connectivity index (χ3n) is 0.